The van der Waals surface area contributed by atoms with E-state index in [0.717, 1.165) is 0 Å². The van der Waals surface area contributed by atoms with Crippen LogP contribution in [-0.4, -0.2) is 113 Å². The van der Waals surface area contributed by atoms with E-state index >= 15 is 0 Å². The van der Waals surface area contributed by atoms with Gasteiger partial charge in [0.1, 0.15) is 30.7 Å². The Kier molecular flexibility index (Phi) is 10.9. The minimum Gasteiger partial charge on any atom is -0.479 e. The van der Waals surface area contributed by atoms with E-state index < -0.39 is 42.8 Å². The molecule has 1 aromatic rings. The van der Waals surface area contributed by atoms with E-state index in [1.54, 1.807) is 45.0 Å². The average molecular weight is 528 g/mol. The topological polar surface area (TPSA) is 178 Å². The van der Waals surface area contributed by atoms with Gasteiger partial charge in [-0.3, -0.25) is 4.79 Å². The lowest BCUT2D eigenvalue weighted by molar-refractivity contribution is -0.271. The molecule has 2 rings (SSSR count). The van der Waals surface area contributed by atoms with Crippen molar-refractivity contribution in [2.45, 2.75) is 58.1 Å². The molecule has 1 heterocycles. The van der Waals surface area contributed by atoms with Gasteiger partial charge in [-0.2, -0.15) is 0 Å². The van der Waals surface area contributed by atoms with Crippen LogP contribution in [0, 0.1) is 5.92 Å². The maximum absolute atomic E-state index is 12.4. The van der Waals surface area contributed by atoms with Crippen molar-refractivity contribution >= 4 is 23.7 Å². The van der Waals surface area contributed by atoms with E-state index in [4.69, 9.17) is 14.2 Å². The Morgan fingerprint density at radius 3 is 2.30 bits per heavy atom. The number of benzene rings is 1. The third kappa shape index (κ3) is 7.92. The molecule has 1 fully saturated rings. The van der Waals surface area contributed by atoms with Crippen molar-refractivity contribution < 1.29 is 49.0 Å². The molecule has 13 heteroatoms. The fourth-order valence-electron chi connectivity index (χ4n) is 3.57. The predicted molar refractivity (Wildman–Crippen MR) is 131 cm³/mol. The number of rotatable bonds is 11. The predicted octanol–water partition coefficient (Wildman–Crippen LogP) is 0.0722. The summed E-state index contributed by atoms with van der Waals surface area (Å²) in [5, 5.41) is 42.3. The third-order valence-corrected chi connectivity index (χ3v) is 5.78. The SMILES string of the molecule is CCNc1cc(COC(=O)N(C)CCN(C)C(=O)C(C)C)ccc1O[C@@H]1O[C@H](C(=O)O)[C@@H](O)[C@H](O)[C@H]1O. The van der Waals surface area contributed by atoms with E-state index in [1.807, 2.05) is 6.92 Å². The van der Waals surface area contributed by atoms with Gasteiger partial charge >= 0.3 is 12.1 Å². The van der Waals surface area contributed by atoms with Crippen LogP contribution in [0.25, 0.3) is 0 Å². The van der Waals surface area contributed by atoms with Gasteiger partial charge in [0.15, 0.2) is 6.10 Å². The molecule has 208 valence electrons. The average Bonchev–Trinajstić information content (AvgIpc) is 2.86. The molecule has 0 aliphatic carbocycles. The summed E-state index contributed by atoms with van der Waals surface area (Å²) < 4.78 is 16.2. The number of anilines is 1. The Bertz CT molecular complexity index is 943. The molecule has 0 radical (unpaired) electrons. The van der Waals surface area contributed by atoms with Crippen LogP contribution >= 0.6 is 0 Å². The standard InChI is InChI=1S/C24H37N3O10/c1-6-25-15-11-14(12-35-24(34)27(5)10-9-26(4)21(31)13(2)3)7-8-16(15)36-23-19(30)17(28)18(29)20(37-23)22(32)33/h7-8,11,13,17-20,23,25,28-30H,6,9-10,12H2,1-5H3,(H,32,33)/t17-,18-,19+,20-,23+/m0/s1. The van der Waals surface area contributed by atoms with E-state index in [-0.39, 0.29) is 24.2 Å². The smallest absolute Gasteiger partial charge is 0.409 e. The highest BCUT2D eigenvalue weighted by atomic mass is 16.7. The first-order valence-corrected chi connectivity index (χ1v) is 12.0. The molecule has 5 atom stereocenters. The molecule has 0 aromatic heterocycles. The lowest BCUT2D eigenvalue weighted by Gasteiger charge is -2.38. The highest BCUT2D eigenvalue weighted by Crippen LogP contribution is 2.31. The van der Waals surface area contributed by atoms with Gasteiger partial charge in [-0.1, -0.05) is 19.9 Å². The number of carboxylic acid groups (broad SMARTS) is 1. The normalized spacial score (nSPS) is 23.3. The summed E-state index contributed by atoms with van der Waals surface area (Å²) in [5.74, 6) is -1.48. The molecule has 0 spiro atoms. The summed E-state index contributed by atoms with van der Waals surface area (Å²) in [6.45, 7) is 6.53. The van der Waals surface area contributed by atoms with Crippen LogP contribution in [0.3, 0.4) is 0 Å². The zero-order chi connectivity index (χ0) is 27.9. The summed E-state index contributed by atoms with van der Waals surface area (Å²) in [7, 11) is 3.25. The summed E-state index contributed by atoms with van der Waals surface area (Å²) >= 11 is 0. The van der Waals surface area contributed by atoms with E-state index in [0.29, 0.717) is 30.9 Å². The molecular formula is C24H37N3O10. The van der Waals surface area contributed by atoms with Crippen LogP contribution in [0.4, 0.5) is 10.5 Å². The highest BCUT2D eigenvalue weighted by Gasteiger charge is 2.48. The fourth-order valence-corrected chi connectivity index (χ4v) is 3.57. The third-order valence-electron chi connectivity index (χ3n) is 5.78. The van der Waals surface area contributed by atoms with Crippen LogP contribution < -0.4 is 10.1 Å². The highest BCUT2D eigenvalue weighted by molar-refractivity contribution is 5.77. The van der Waals surface area contributed by atoms with Crippen LogP contribution in [0.1, 0.15) is 26.3 Å². The van der Waals surface area contributed by atoms with Gasteiger partial charge in [-0.05, 0) is 24.6 Å². The number of hydrogen-bond acceptors (Lipinski definition) is 10. The Morgan fingerprint density at radius 2 is 1.70 bits per heavy atom. The number of aliphatic hydroxyl groups is 3. The molecule has 5 N–H and O–H groups in total. The zero-order valence-corrected chi connectivity index (χ0v) is 21.7. The maximum atomic E-state index is 12.4. The number of aliphatic hydroxyl groups excluding tert-OH is 3. The molecule has 13 nitrogen and oxygen atoms in total. The van der Waals surface area contributed by atoms with Gasteiger partial charge in [-0.15, -0.1) is 0 Å². The molecule has 2 amide bonds. The number of hydrogen-bond donors (Lipinski definition) is 5. The number of aliphatic carboxylic acids is 1. The fraction of sp³-hybridized carbons (Fsp3) is 0.625. The minimum absolute atomic E-state index is 0.0182. The monoisotopic (exact) mass is 527 g/mol. The van der Waals surface area contributed by atoms with Crippen molar-refractivity contribution in [1.29, 1.82) is 0 Å². The van der Waals surface area contributed by atoms with Crippen molar-refractivity contribution in [3.05, 3.63) is 23.8 Å². The summed E-state index contributed by atoms with van der Waals surface area (Å²) in [6, 6.07) is 4.77. The summed E-state index contributed by atoms with van der Waals surface area (Å²) in [4.78, 5) is 38.6. The van der Waals surface area contributed by atoms with Crippen LogP contribution in [-0.2, 0) is 25.7 Å². The lowest BCUT2D eigenvalue weighted by atomic mass is 9.99. The van der Waals surface area contributed by atoms with Crippen molar-refractivity contribution in [1.82, 2.24) is 9.80 Å². The Morgan fingerprint density at radius 1 is 1.05 bits per heavy atom. The number of carbonyl (C=O) groups excluding carboxylic acids is 2. The first kappa shape index (κ1) is 30.1. The quantitative estimate of drug-likeness (QED) is 0.263. The first-order valence-electron chi connectivity index (χ1n) is 12.0. The number of nitrogens with one attached hydrogen (secondary N) is 1. The molecular weight excluding hydrogens is 490 g/mol. The summed E-state index contributed by atoms with van der Waals surface area (Å²) in [6.07, 6.45) is -9.24. The molecule has 1 aliphatic rings. The molecule has 0 bridgehead atoms. The number of carbonyl (C=O) groups is 3. The lowest BCUT2D eigenvalue weighted by Crippen LogP contribution is -2.61. The van der Waals surface area contributed by atoms with Gasteiger partial charge in [0.25, 0.3) is 0 Å². The Balaban J connectivity index is 2.02. The maximum Gasteiger partial charge on any atom is 0.409 e. The largest absolute Gasteiger partial charge is 0.479 e. The number of carboxylic acids is 1. The van der Waals surface area contributed by atoms with Crippen molar-refractivity contribution in [3.63, 3.8) is 0 Å². The van der Waals surface area contributed by atoms with E-state index in [9.17, 15) is 34.8 Å². The second-order valence-electron chi connectivity index (χ2n) is 9.10. The zero-order valence-electron chi connectivity index (χ0n) is 21.7. The Labute approximate surface area is 215 Å². The second-order valence-corrected chi connectivity index (χ2v) is 9.10. The number of likely N-dealkylation sites (N-methyl/N-ethyl adjacent to an activating group) is 2. The van der Waals surface area contributed by atoms with Crippen molar-refractivity contribution in [2.24, 2.45) is 5.92 Å². The van der Waals surface area contributed by atoms with Gasteiger partial charge in [-0.25, -0.2) is 9.59 Å². The number of amides is 2. The first-order chi connectivity index (χ1) is 17.4. The molecule has 0 unspecified atom stereocenters. The minimum atomic E-state index is -1.83. The molecule has 37 heavy (non-hydrogen) atoms. The van der Waals surface area contributed by atoms with Crippen LogP contribution in [0.15, 0.2) is 18.2 Å². The molecule has 0 saturated carbocycles. The molecule has 1 saturated heterocycles. The summed E-state index contributed by atoms with van der Waals surface area (Å²) in [5.41, 5.74) is 1.06. The second kappa shape index (κ2) is 13.4. The van der Waals surface area contributed by atoms with E-state index in [2.05, 4.69) is 5.32 Å². The Hall–Kier alpha value is -3.13. The number of nitrogens with zero attached hydrogens (tertiary/aromatic N) is 2. The molecule has 1 aromatic carbocycles. The van der Waals surface area contributed by atoms with Crippen molar-refractivity contribution in [2.75, 3.05) is 39.0 Å². The van der Waals surface area contributed by atoms with Crippen LogP contribution in [0.5, 0.6) is 5.75 Å². The molecule has 1 aliphatic heterocycles. The number of ether oxygens (including phenoxy) is 3. The van der Waals surface area contributed by atoms with Gasteiger partial charge in [0, 0.05) is 39.6 Å². The van der Waals surface area contributed by atoms with Crippen molar-refractivity contribution in [3.8, 4) is 5.75 Å². The van der Waals surface area contributed by atoms with E-state index in [1.165, 1.54) is 11.0 Å². The van der Waals surface area contributed by atoms with Gasteiger partial charge < -0.3 is 49.8 Å². The van der Waals surface area contributed by atoms with Gasteiger partial charge in [0.05, 0.1) is 5.69 Å². The van der Waals surface area contributed by atoms with Gasteiger partial charge in [0.2, 0.25) is 12.2 Å². The van der Waals surface area contributed by atoms with Crippen LogP contribution in [0.2, 0.25) is 0 Å².